The van der Waals surface area contributed by atoms with E-state index >= 15 is 0 Å². The molecule has 136 valence electrons. The minimum absolute atomic E-state index is 0.253. The highest BCUT2D eigenvalue weighted by Crippen LogP contribution is 2.23. The van der Waals surface area contributed by atoms with E-state index in [1.54, 1.807) is 22.7 Å². The van der Waals surface area contributed by atoms with Gasteiger partial charge in [0.05, 0.1) is 19.3 Å². The van der Waals surface area contributed by atoms with Crippen molar-refractivity contribution in [2.24, 2.45) is 0 Å². The Labute approximate surface area is 162 Å². The van der Waals surface area contributed by atoms with E-state index in [-0.39, 0.29) is 6.04 Å². The Morgan fingerprint density at radius 1 is 1.08 bits per heavy atom. The predicted molar refractivity (Wildman–Crippen MR) is 109 cm³/mol. The van der Waals surface area contributed by atoms with E-state index in [2.05, 4.69) is 61.7 Å². The summed E-state index contributed by atoms with van der Waals surface area (Å²) in [5.74, 6) is 0. The molecule has 0 spiro atoms. The van der Waals surface area contributed by atoms with Gasteiger partial charge < -0.3 is 15.0 Å². The van der Waals surface area contributed by atoms with E-state index in [1.807, 2.05) is 6.20 Å². The zero-order valence-corrected chi connectivity index (χ0v) is 16.3. The van der Waals surface area contributed by atoms with E-state index in [1.165, 1.54) is 16.8 Å². The largest absolute Gasteiger partial charge is 0.378 e. The number of nitrogens with one attached hydrogen (secondary N) is 1. The minimum Gasteiger partial charge on any atom is -0.378 e. The van der Waals surface area contributed by atoms with Crippen LogP contribution in [0, 0.1) is 0 Å². The Balaban J connectivity index is 1.39. The molecule has 1 atom stereocenters. The number of hydrogen-bond donors (Lipinski definition) is 1. The van der Waals surface area contributed by atoms with Crippen LogP contribution < -0.4 is 10.2 Å². The average Bonchev–Trinajstić information content (AvgIpc) is 3.40. The second-order valence-corrected chi connectivity index (χ2v) is 8.11. The molecular formula is C20H23N3OS2. The summed E-state index contributed by atoms with van der Waals surface area (Å²) in [5, 5.41) is 11.3. The van der Waals surface area contributed by atoms with Gasteiger partial charge in [0.1, 0.15) is 5.01 Å². The molecule has 3 aromatic rings. The third kappa shape index (κ3) is 4.51. The van der Waals surface area contributed by atoms with Crippen LogP contribution in [0.4, 0.5) is 5.69 Å². The molecule has 1 saturated heterocycles. The van der Waals surface area contributed by atoms with Gasteiger partial charge in [-0.2, -0.15) is 11.3 Å². The SMILES string of the molecule is c1csc(C(Cc2ccsc2)NCc2ccc(N3CCOCC3)cc2)n1. The lowest BCUT2D eigenvalue weighted by Gasteiger charge is -2.29. The topological polar surface area (TPSA) is 37.4 Å². The zero-order chi connectivity index (χ0) is 17.6. The van der Waals surface area contributed by atoms with Gasteiger partial charge in [-0.1, -0.05) is 12.1 Å². The lowest BCUT2D eigenvalue weighted by atomic mass is 10.1. The van der Waals surface area contributed by atoms with E-state index in [0.717, 1.165) is 44.3 Å². The Kier molecular flexibility index (Phi) is 5.96. The Hall–Kier alpha value is -1.73. The van der Waals surface area contributed by atoms with Crippen LogP contribution in [0.1, 0.15) is 22.2 Å². The third-order valence-electron chi connectivity index (χ3n) is 4.63. The highest BCUT2D eigenvalue weighted by molar-refractivity contribution is 7.09. The van der Waals surface area contributed by atoms with Crippen molar-refractivity contribution in [3.05, 3.63) is 68.8 Å². The lowest BCUT2D eigenvalue weighted by Crippen LogP contribution is -2.36. The predicted octanol–water partition coefficient (Wildman–Crippen LogP) is 4.11. The van der Waals surface area contributed by atoms with Crippen LogP contribution in [-0.4, -0.2) is 31.3 Å². The molecule has 1 fully saturated rings. The van der Waals surface area contributed by atoms with Crippen LogP contribution in [0.3, 0.4) is 0 Å². The summed E-state index contributed by atoms with van der Waals surface area (Å²) >= 11 is 3.47. The summed E-state index contributed by atoms with van der Waals surface area (Å²) < 4.78 is 5.43. The molecule has 4 rings (SSSR count). The average molecular weight is 386 g/mol. The summed E-state index contributed by atoms with van der Waals surface area (Å²) in [4.78, 5) is 6.91. The second-order valence-electron chi connectivity index (χ2n) is 6.41. The van der Waals surface area contributed by atoms with E-state index in [0.29, 0.717) is 0 Å². The molecule has 1 aliphatic heterocycles. The van der Waals surface area contributed by atoms with Crippen LogP contribution >= 0.6 is 22.7 Å². The molecule has 26 heavy (non-hydrogen) atoms. The van der Waals surface area contributed by atoms with Crippen LogP contribution in [-0.2, 0) is 17.7 Å². The molecule has 1 unspecified atom stereocenters. The lowest BCUT2D eigenvalue weighted by molar-refractivity contribution is 0.122. The molecule has 6 heteroatoms. The molecule has 3 heterocycles. The summed E-state index contributed by atoms with van der Waals surface area (Å²) in [7, 11) is 0. The van der Waals surface area contributed by atoms with Crippen molar-refractivity contribution in [3.63, 3.8) is 0 Å². The molecule has 0 radical (unpaired) electrons. The molecule has 0 bridgehead atoms. The Morgan fingerprint density at radius 2 is 1.92 bits per heavy atom. The van der Waals surface area contributed by atoms with Crippen LogP contribution in [0.2, 0.25) is 0 Å². The van der Waals surface area contributed by atoms with Gasteiger partial charge in [0.25, 0.3) is 0 Å². The van der Waals surface area contributed by atoms with Gasteiger partial charge in [-0.15, -0.1) is 11.3 Å². The number of hydrogen-bond acceptors (Lipinski definition) is 6. The summed E-state index contributed by atoms with van der Waals surface area (Å²) in [5.41, 5.74) is 3.95. The number of rotatable bonds is 7. The molecular weight excluding hydrogens is 362 g/mol. The molecule has 0 saturated carbocycles. The van der Waals surface area contributed by atoms with Crippen molar-refractivity contribution >= 4 is 28.4 Å². The molecule has 1 N–H and O–H groups in total. The first-order chi connectivity index (χ1) is 12.9. The number of aromatic nitrogens is 1. The number of thiazole rings is 1. The maximum atomic E-state index is 5.43. The first-order valence-corrected chi connectivity index (χ1v) is 10.8. The van der Waals surface area contributed by atoms with Crippen molar-refractivity contribution in [2.45, 2.75) is 19.0 Å². The summed E-state index contributed by atoms with van der Waals surface area (Å²) in [6.07, 6.45) is 2.86. The molecule has 1 aromatic carbocycles. The smallest absolute Gasteiger partial charge is 0.110 e. The van der Waals surface area contributed by atoms with Crippen LogP contribution in [0.25, 0.3) is 0 Å². The number of thiophene rings is 1. The normalized spacial score (nSPS) is 15.9. The molecule has 4 nitrogen and oxygen atoms in total. The van der Waals surface area contributed by atoms with Crippen LogP contribution in [0.5, 0.6) is 0 Å². The number of nitrogens with zero attached hydrogens (tertiary/aromatic N) is 2. The van der Waals surface area contributed by atoms with Gasteiger partial charge in [0, 0.05) is 36.9 Å². The van der Waals surface area contributed by atoms with Gasteiger partial charge in [-0.3, -0.25) is 0 Å². The highest BCUT2D eigenvalue weighted by Gasteiger charge is 2.15. The minimum atomic E-state index is 0.253. The standard InChI is InChI=1S/C20H23N3OS2/c1-3-18(23-7-9-24-10-8-23)4-2-16(1)14-22-19(20-21-6-12-26-20)13-17-5-11-25-15-17/h1-6,11-12,15,19,22H,7-10,13-14H2. The van der Waals surface area contributed by atoms with Crippen molar-refractivity contribution in [1.82, 2.24) is 10.3 Å². The van der Waals surface area contributed by atoms with Gasteiger partial charge in [0.2, 0.25) is 0 Å². The van der Waals surface area contributed by atoms with E-state index in [9.17, 15) is 0 Å². The maximum absolute atomic E-state index is 5.43. The Morgan fingerprint density at radius 3 is 2.62 bits per heavy atom. The van der Waals surface area contributed by atoms with Gasteiger partial charge >= 0.3 is 0 Å². The Bertz CT molecular complexity index is 766. The highest BCUT2D eigenvalue weighted by atomic mass is 32.1. The maximum Gasteiger partial charge on any atom is 0.110 e. The fourth-order valence-electron chi connectivity index (χ4n) is 3.19. The second kappa shape index (κ2) is 8.77. The number of morpholine rings is 1. The summed E-state index contributed by atoms with van der Waals surface area (Å²) in [6.45, 7) is 4.44. The number of anilines is 1. The third-order valence-corrected chi connectivity index (χ3v) is 6.26. The fraction of sp³-hybridized carbons (Fsp3) is 0.350. The van der Waals surface area contributed by atoms with Gasteiger partial charge in [0.15, 0.2) is 0 Å². The van der Waals surface area contributed by atoms with Crippen molar-refractivity contribution in [1.29, 1.82) is 0 Å². The number of benzene rings is 1. The molecule has 0 amide bonds. The zero-order valence-electron chi connectivity index (χ0n) is 14.6. The van der Waals surface area contributed by atoms with Gasteiger partial charge in [-0.25, -0.2) is 4.98 Å². The van der Waals surface area contributed by atoms with Crippen molar-refractivity contribution in [3.8, 4) is 0 Å². The first kappa shape index (κ1) is 17.7. The van der Waals surface area contributed by atoms with Crippen LogP contribution in [0.15, 0.2) is 52.7 Å². The molecule has 2 aromatic heterocycles. The van der Waals surface area contributed by atoms with E-state index < -0.39 is 0 Å². The van der Waals surface area contributed by atoms with Crippen molar-refractivity contribution < 1.29 is 4.74 Å². The number of ether oxygens (including phenoxy) is 1. The monoisotopic (exact) mass is 385 g/mol. The molecule has 0 aliphatic carbocycles. The van der Waals surface area contributed by atoms with E-state index in [4.69, 9.17) is 4.74 Å². The quantitative estimate of drug-likeness (QED) is 0.664. The summed E-state index contributed by atoms with van der Waals surface area (Å²) in [6, 6.07) is 11.3. The van der Waals surface area contributed by atoms with Crippen molar-refractivity contribution in [2.75, 3.05) is 31.2 Å². The fourth-order valence-corrected chi connectivity index (χ4v) is 4.58. The van der Waals surface area contributed by atoms with Gasteiger partial charge in [-0.05, 0) is 46.5 Å². The first-order valence-electron chi connectivity index (χ1n) is 8.94. The molecule has 1 aliphatic rings.